The molecule has 1 atom stereocenters. The molecule has 0 amide bonds. The summed E-state index contributed by atoms with van der Waals surface area (Å²) in [5, 5.41) is 26.6. The van der Waals surface area contributed by atoms with E-state index in [9.17, 15) is 15.2 Å². The molecule has 9 heteroatoms. The predicted octanol–water partition coefficient (Wildman–Crippen LogP) is 3.29. The van der Waals surface area contributed by atoms with Crippen LogP contribution >= 0.6 is 0 Å². The van der Waals surface area contributed by atoms with Gasteiger partial charge in [0.25, 0.3) is 5.69 Å². The number of aliphatic hydroxyl groups excluding tert-OH is 1. The molecule has 144 valence electrons. The molecule has 0 bridgehead atoms. The van der Waals surface area contributed by atoms with Crippen LogP contribution in [-0.4, -0.2) is 37.6 Å². The van der Waals surface area contributed by atoms with Crippen molar-refractivity contribution in [3.05, 3.63) is 64.5 Å². The van der Waals surface area contributed by atoms with Crippen molar-refractivity contribution >= 4 is 23.1 Å². The minimum atomic E-state index is -0.419. The van der Waals surface area contributed by atoms with E-state index in [4.69, 9.17) is 0 Å². The Morgan fingerprint density at radius 3 is 2.75 bits per heavy atom. The van der Waals surface area contributed by atoms with Gasteiger partial charge in [-0.2, -0.15) is 4.98 Å². The highest BCUT2D eigenvalue weighted by Gasteiger charge is 2.15. The monoisotopic (exact) mass is 380 g/mol. The molecular weight excluding hydrogens is 360 g/mol. The summed E-state index contributed by atoms with van der Waals surface area (Å²) in [5.74, 6) is 0.790. The lowest BCUT2D eigenvalue weighted by Gasteiger charge is -2.15. The van der Waals surface area contributed by atoms with Crippen LogP contribution in [0.25, 0.3) is 11.3 Å². The van der Waals surface area contributed by atoms with Gasteiger partial charge in [0.1, 0.15) is 5.82 Å². The Bertz CT molecular complexity index is 981. The van der Waals surface area contributed by atoms with Crippen molar-refractivity contribution in [3.63, 3.8) is 0 Å². The third kappa shape index (κ3) is 4.38. The van der Waals surface area contributed by atoms with E-state index in [0.29, 0.717) is 28.7 Å². The van der Waals surface area contributed by atoms with Gasteiger partial charge in [-0.15, -0.1) is 0 Å². The van der Waals surface area contributed by atoms with Gasteiger partial charge in [-0.25, -0.2) is 4.98 Å². The lowest BCUT2D eigenvalue weighted by atomic mass is 10.1. The molecule has 3 N–H and O–H groups in total. The maximum atomic E-state index is 11.2. The molecule has 0 aliphatic carbocycles. The van der Waals surface area contributed by atoms with Gasteiger partial charge in [0.15, 0.2) is 0 Å². The SMILES string of the molecule is Cc1c(Nc2cc(-c3cccnc3)nc(N[C@@H](C)CO)n2)cccc1[N+](=O)[O-]. The van der Waals surface area contributed by atoms with Crippen LogP contribution in [0.2, 0.25) is 0 Å². The van der Waals surface area contributed by atoms with Crippen molar-refractivity contribution in [2.75, 3.05) is 17.2 Å². The van der Waals surface area contributed by atoms with E-state index in [1.54, 1.807) is 50.5 Å². The fraction of sp³-hybridized carbons (Fsp3) is 0.211. The normalized spacial score (nSPS) is 11.7. The largest absolute Gasteiger partial charge is 0.394 e. The van der Waals surface area contributed by atoms with Crippen LogP contribution in [0.3, 0.4) is 0 Å². The van der Waals surface area contributed by atoms with E-state index in [1.165, 1.54) is 6.07 Å². The molecule has 2 heterocycles. The molecule has 3 rings (SSSR count). The van der Waals surface area contributed by atoms with E-state index in [2.05, 4.69) is 25.6 Å². The van der Waals surface area contributed by atoms with Crippen LogP contribution in [0.4, 0.5) is 23.1 Å². The van der Waals surface area contributed by atoms with Crippen molar-refractivity contribution < 1.29 is 10.0 Å². The Morgan fingerprint density at radius 2 is 2.07 bits per heavy atom. The molecule has 0 fully saturated rings. The maximum Gasteiger partial charge on any atom is 0.274 e. The average Bonchev–Trinajstić information content (AvgIpc) is 2.69. The van der Waals surface area contributed by atoms with Crippen LogP contribution in [-0.2, 0) is 0 Å². The number of nitro groups is 1. The zero-order valence-corrected chi connectivity index (χ0v) is 15.5. The summed E-state index contributed by atoms with van der Waals surface area (Å²) in [6.45, 7) is 3.40. The Hall–Kier alpha value is -3.59. The number of nitro benzene ring substituents is 1. The number of anilines is 3. The Morgan fingerprint density at radius 1 is 1.25 bits per heavy atom. The fourth-order valence-electron chi connectivity index (χ4n) is 2.60. The van der Waals surface area contributed by atoms with Crippen molar-refractivity contribution in [3.8, 4) is 11.3 Å². The summed E-state index contributed by atoms with van der Waals surface area (Å²) in [6, 6.07) is 10.00. The maximum absolute atomic E-state index is 11.2. The number of rotatable bonds is 7. The van der Waals surface area contributed by atoms with Crippen LogP contribution < -0.4 is 10.6 Å². The number of aliphatic hydroxyl groups is 1. The zero-order chi connectivity index (χ0) is 20.1. The lowest BCUT2D eigenvalue weighted by Crippen LogP contribution is -2.21. The Labute approximate surface area is 161 Å². The van der Waals surface area contributed by atoms with Crippen molar-refractivity contribution in [1.29, 1.82) is 0 Å². The second-order valence-corrected chi connectivity index (χ2v) is 6.26. The first-order valence-electron chi connectivity index (χ1n) is 8.66. The summed E-state index contributed by atoms with van der Waals surface area (Å²) in [5.41, 5.74) is 2.53. The molecule has 0 aliphatic heterocycles. The first-order valence-corrected chi connectivity index (χ1v) is 8.66. The van der Waals surface area contributed by atoms with E-state index >= 15 is 0 Å². The highest BCUT2D eigenvalue weighted by Crippen LogP contribution is 2.29. The topological polar surface area (TPSA) is 126 Å². The van der Waals surface area contributed by atoms with Crippen molar-refractivity contribution in [2.24, 2.45) is 0 Å². The first kappa shape index (κ1) is 19.2. The quantitative estimate of drug-likeness (QED) is 0.421. The van der Waals surface area contributed by atoms with Crippen molar-refractivity contribution in [2.45, 2.75) is 19.9 Å². The van der Waals surface area contributed by atoms with Crippen molar-refractivity contribution in [1.82, 2.24) is 15.0 Å². The van der Waals surface area contributed by atoms with Gasteiger partial charge in [-0.1, -0.05) is 6.07 Å². The molecule has 28 heavy (non-hydrogen) atoms. The highest BCUT2D eigenvalue weighted by atomic mass is 16.6. The molecule has 0 radical (unpaired) electrons. The van der Waals surface area contributed by atoms with E-state index in [1.807, 2.05) is 6.07 Å². The number of nitrogens with zero attached hydrogens (tertiary/aromatic N) is 4. The molecule has 0 saturated heterocycles. The van der Waals surface area contributed by atoms with Crippen LogP contribution in [0, 0.1) is 17.0 Å². The van der Waals surface area contributed by atoms with Gasteiger partial charge < -0.3 is 15.7 Å². The molecule has 0 spiro atoms. The van der Waals surface area contributed by atoms with Gasteiger partial charge in [0.2, 0.25) is 5.95 Å². The number of pyridine rings is 1. The molecule has 3 aromatic rings. The molecule has 0 saturated carbocycles. The fourth-order valence-corrected chi connectivity index (χ4v) is 2.60. The number of hydrogen-bond acceptors (Lipinski definition) is 8. The smallest absolute Gasteiger partial charge is 0.274 e. The molecular formula is C19H20N6O3. The molecule has 0 unspecified atom stereocenters. The van der Waals surface area contributed by atoms with Crippen LogP contribution in [0.15, 0.2) is 48.8 Å². The van der Waals surface area contributed by atoms with E-state index in [0.717, 1.165) is 5.56 Å². The van der Waals surface area contributed by atoms with Gasteiger partial charge >= 0.3 is 0 Å². The second kappa shape index (κ2) is 8.40. The highest BCUT2D eigenvalue weighted by molar-refractivity contribution is 5.70. The first-order chi connectivity index (χ1) is 13.5. The number of nitrogens with one attached hydrogen (secondary N) is 2. The standard InChI is InChI=1S/C19H20N6O3/c1-12(11-26)21-19-23-16(14-5-4-8-20-10-14)9-18(24-19)22-15-6-3-7-17(13(15)2)25(27)28/h3-10,12,26H,11H2,1-2H3,(H2,21,22,23,24)/t12-/m0/s1. The predicted molar refractivity (Wildman–Crippen MR) is 107 cm³/mol. The average molecular weight is 380 g/mol. The minimum Gasteiger partial charge on any atom is -0.394 e. The minimum absolute atomic E-state index is 0.0267. The van der Waals surface area contributed by atoms with Crippen LogP contribution in [0.1, 0.15) is 12.5 Å². The molecule has 9 nitrogen and oxygen atoms in total. The third-order valence-corrected chi connectivity index (χ3v) is 4.10. The van der Waals surface area contributed by atoms with Crippen LogP contribution in [0.5, 0.6) is 0 Å². The summed E-state index contributed by atoms with van der Waals surface area (Å²) in [6.07, 6.45) is 3.35. The number of benzene rings is 1. The Kier molecular flexibility index (Phi) is 5.75. The number of hydrogen-bond donors (Lipinski definition) is 3. The molecule has 1 aromatic carbocycles. The summed E-state index contributed by atoms with van der Waals surface area (Å²) >= 11 is 0. The van der Waals surface area contributed by atoms with E-state index in [-0.39, 0.29) is 18.3 Å². The second-order valence-electron chi connectivity index (χ2n) is 6.26. The van der Waals surface area contributed by atoms with E-state index < -0.39 is 4.92 Å². The summed E-state index contributed by atoms with van der Waals surface area (Å²) < 4.78 is 0. The Balaban J connectivity index is 2.01. The van der Waals surface area contributed by atoms with Gasteiger partial charge in [0.05, 0.1) is 22.8 Å². The van der Waals surface area contributed by atoms with Gasteiger partial charge in [0, 0.05) is 41.8 Å². The molecule has 0 aliphatic rings. The number of aromatic nitrogens is 3. The summed E-state index contributed by atoms with van der Waals surface area (Å²) in [4.78, 5) is 23.8. The third-order valence-electron chi connectivity index (χ3n) is 4.10. The lowest BCUT2D eigenvalue weighted by molar-refractivity contribution is -0.385. The van der Waals surface area contributed by atoms with Gasteiger partial charge in [-0.3, -0.25) is 15.1 Å². The zero-order valence-electron chi connectivity index (χ0n) is 15.5. The summed E-state index contributed by atoms with van der Waals surface area (Å²) in [7, 11) is 0. The van der Waals surface area contributed by atoms with Gasteiger partial charge in [-0.05, 0) is 32.0 Å². The molecule has 2 aromatic heterocycles.